The maximum Gasteiger partial charge on any atom is 0.318 e. The smallest absolute Gasteiger partial charge is 0.318 e. The van der Waals surface area contributed by atoms with Crippen LogP contribution in [0.1, 0.15) is 51.4 Å². The number of carbonyl (C=O) groups excluding carboxylic acids is 1. The third-order valence-electron chi connectivity index (χ3n) is 4.52. The Morgan fingerprint density at radius 2 is 1.65 bits per heavy atom. The third kappa shape index (κ3) is 1.99. The van der Waals surface area contributed by atoms with Crippen LogP contribution in [0.25, 0.3) is 0 Å². The van der Waals surface area contributed by atoms with Crippen molar-refractivity contribution in [1.82, 2.24) is 0 Å². The molecule has 4 heteroatoms. The maximum atomic E-state index is 12.5. The highest BCUT2D eigenvalue weighted by Crippen LogP contribution is 2.42. The highest BCUT2D eigenvalue weighted by Gasteiger charge is 2.53. The molecule has 2 aliphatic rings. The van der Waals surface area contributed by atoms with E-state index in [0.29, 0.717) is 12.8 Å². The van der Waals surface area contributed by atoms with Crippen LogP contribution in [0, 0.1) is 11.3 Å². The van der Waals surface area contributed by atoms with Crippen LogP contribution in [0.2, 0.25) is 0 Å². The zero-order valence-corrected chi connectivity index (χ0v) is 10.2. The number of nitrogens with two attached hydrogens (primary N) is 1. The van der Waals surface area contributed by atoms with Crippen LogP contribution >= 0.6 is 0 Å². The molecule has 0 aromatic heterocycles. The van der Waals surface area contributed by atoms with Crippen molar-refractivity contribution < 1.29 is 14.7 Å². The molecular formula is C13H21NO3. The second kappa shape index (κ2) is 4.77. The van der Waals surface area contributed by atoms with Gasteiger partial charge in [-0.05, 0) is 25.7 Å². The highest BCUT2D eigenvalue weighted by molar-refractivity contribution is 6.05. The van der Waals surface area contributed by atoms with Crippen LogP contribution in [-0.2, 0) is 9.59 Å². The fraction of sp³-hybridized carbons (Fsp3) is 0.846. The molecule has 0 bridgehead atoms. The Bertz CT molecular complexity index is 323. The van der Waals surface area contributed by atoms with Gasteiger partial charge in [0.2, 0.25) is 0 Å². The minimum atomic E-state index is -1.28. The molecule has 3 N–H and O–H groups in total. The fourth-order valence-electron chi connectivity index (χ4n) is 3.43. The van der Waals surface area contributed by atoms with E-state index in [0.717, 1.165) is 38.5 Å². The van der Waals surface area contributed by atoms with Crippen LogP contribution in [0.4, 0.5) is 0 Å². The van der Waals surface area contributed by atoms with E-state index in [9.17, 15) is 14.7 Å². The van der Waals surface area contributed by atoms with Crippen LogP contribution in [0.15, 0.2) is 0 Å². The van der Waals surface area contributed by atoms with E-state index in [1.54, 1.807) is 0 Å². The standard InChI is InChI=1S/C13H21NO3/c14-10-7-3-4-8-13(10,12(16)17)11(15)9-5-1-2-6-9/h9-10H,1-8,14H2,(H,16,17). The van der Waals surface area contributed by atoms with Crippen molar-refractivity contribution in [3.8, 4) is 0 Å². The van der Waals surface area contributed by atoms with E-state index < -0.39 is 17.4 Å². The van der Waals surface area contributed by atoms with Gasteiger partial charge in [-0.3, -0.25) is 9.59 Å². The molecule has 0 aromatic rings. The molecular weight excluding hydrogens is 218 g/mol. The summed E-state index contributed by atoms with van der Waals surface area (Å²) in [6.45, 7) is 0. The molecule has 2 unspecified atom stereocenters. The minimum absolute atomic E-state index is 0.0600. The Morgan fingerprint density at radius 3 is 2.18 bits per heavy atom. The maximum absolute atomic E-state index is 12.5. The highest BCUT2D eigenvalue weighted by atomic mass is 16.4. The SMILES string of the molecule is NC1CCCCC1(C(=O)O)C(=O)C1CCCC1. The molecule has 2 saturated carbocycles. The molecule has 0 aliphatic heterocycles. The number of ketones is 1. The van der Waals surface area contributed by atoms with Crippen LogP contribution in [0.3, 0.4) is 0 Å². The average molecular weight is 239 g/mol. The topological polar surface area (TPSA) is 80.4 Å². The number of aliphatic carboxylic acids is 1. The lowest BCUT2D eigenvalue weighted by Gasteiger charge is -2.38. The molecule has 0 amide bonds. The Hall–Kier alpha value is -0.900. The van der Waals surface area contributed by atoms with Gasteiger partial charge in [0.15, 0.2) is 5.78 Å². The molecule has 0 aromatic carbocycles. The van der Waals surface area contributed by atoms with Crippen molar-refractivity contribution in [2.75, 3.05) is 0 Å². The predicted molar refractivity (Wildman–Crippen MR) is 63.5 cm³/mol. The molecule has 2 fully saturated rings. The summed E-state index contributed by atoms with van der Waals surface area (Å²) in [5, 5.41) is 9.49. The van der Waals surface area contributed by atoms with Gasteiger partial charge < -0.3 is 10.8 Å². The van der Waals surface area contributed by atoms with Gasteiger partial charge in [0.25, 0.3) is 0 Å². The van der Waals surface area contributed by atoms with Crippen LogP contribution < -0.4 is 5.73 Å². The summed E-state index contributed by atoms with van der Waals surface area (Å²) < 4.78 is 0. The second-order valence-corrected chi connectivity index (χ2v) is 5.47. The number of rotatable bonds is 3. The van der Waals surface area contributed by atoms with E-state index in [2.05, 4.69) is 0 Å². The summed E-state index contributed by atoms with van der Waals surface area (Å²) in [7, 11) is 0. The number of Topliss-reactive ketones (excluding diaryl/α,β-unsaturated/α-hetero) is 1. The average Bonchev–Trinajstić information content (AvgIpc) is 2.82. The quantitative estimate of drug-likeness (QED) is 0.735. The molecule has 2 atom stereocenters. The molecule has 0 spiro atoms. The minimum Gasteiger partial charge on any atom is -0.480 e. The lowest BCUT2D eigenvalue weighted by molar-refractivity contribution is -0.160. The lowest BCUT2D eigenvalue weighted by atomic mass is 9.65. The molecule has 2 aliphatic carbocycles. The Balaban J connectivity index is 2.26. The molecule has 0 radical (unpaired) electrons. The number of carbonyl (C=O) groups is 2. The van der Waals surface area contributed by atoms with Crippen molar-refractivity contribution in [3.05, 3.63) is 0 Å². The van der Waals surface area contributed by atoms with Gasteiger partial charge in [-0.1, -0.05) is 25.7 Å². The molecule has 17 heavy (non-hydrogen) atoms. The van der Waals surface area contributed by atoms with Crippen LogP contribution in [0.5, 0.6) is 0 Å². The largest absolute Gasteiger partial charge is 0.480 e. The normalized spacial score (nSPS) is 34.8. The van der Waals surface area contributed by atoms with Crippen molar-refractivity contribution in [3.63, 3.8) is 0 Å². The molecule has 4 nitrogen and oxygen atoms in total. The van der Waals surface area contributed by atoms with E-state index in [4.69, 9.17) is 5.73 Å². The molecule has 2 rings (SSSR count). The predicted octanol–water partition coefficient (Wildman–Crippen LogP) is 1.72. The van der Waals surface area contributed by atoms with Gasteiger partial charge in [-0.25, -0.2) is 0 Å². The van der Waals surface area contributed by atoms with E-state index in [-0.39, 0.29) is 11.7 Å². The van der Waals surface area contributed by atoms with Crippen molar-refractivity contribution in [2.24, 2.45) is 17.1 Å². The first-order valence-electron chi connectivity index (χ1n) is 6.62. The summed E-state index contributed by atoms with van der Waals surface area (Å²) in [6, 6.07) is -0.498. The van der Waals surface area contributed by atoms with Gasteiger partial charge in [0, 0.05) is 12.0 Å². The van der Waals surface area contributed by atoms with Crippen molar-refractivity contribution >= 4 is 11.8 Å². The molecule has 96 valence electrons. The van der Waals surface area contributed by atoms with Gasteiger partial charge in [0.1, 0.15) is 5.41 Å². The van der Waals surface area contributed by atoms with Gasteiger partial charge in [-0.2, -0.15) is 0 Å². The van der Waals surface area contributed by atoms with Crippen molar-refractivity contribution in [1.29, 1.82) is 0 Å². The zero-order chi connectivity index (χ0) is 12.5. The first kappa shape index (κ1) is 12.6. The lowest BCUT2D eigenvalue weighted by Crippen LogP contribution is -2.56. The molecule has 0 heterocycles. The summed E-state index contributed by atoms with van der Waals surface area (Å²) >= 11 is 0. The summed E-state index contributed by atoms with van der Waals surface area (Å²) in [5.74, 6) is -1.15. The molecule has 0 saturated heterocycles. The first-order valence-corrected chi connectivity index (χ1v) is 6.62. The Labute approximate surface area is 102 Å². The van der Waals surface area contributed by atoms with E-state index in [1.807, 2.05) is 0 Å². The summed E-state index contributed by atoms with van der Waals surface area (Å²) in [5.41, 5.74) is 4.70. The first-order chi connectivity index (χ1) is 8.09. The number of hydrogen-bond acceptors (Lipinski definition) is 3. The monoisotopic (exact) mass is 239 g/mol. The second-order valence-electron chi connectivity index (χ2n) is 5.47. The fourth-order valence-corrected chi connectivity index (χ4v) is 3.43. The number of carboxylic acids is 1. The Morgan fingerprint density at radius 1 is 1.06 bits per heavy atom. The Kier molecular flexibility index (Phi) is 3.52. The third-order valence-corrected chi connectivity index (χ3v) is 4.52. The van der Waals surface area contributed by atoms with Gasteiger partial charge in [0.05, 0.1) is 0 Å². The van der Waals surface area contributed by atoms with Gasteiger partial charge >= 0.3 is 5.97 Å². The summed E-state index contributed by atoms with van der Waals surface area (Å²) in [6.07, 6.45) is 6.61. The zero-order valence-electron chi connectivity index (χ0n) is 10.2. The van der Waals surface area contributed by atoms with E-state index in [1.165, 1.54) is 0 Å². The number of hydrogen-bond donors (Lipinski definition) is 2. The van der Waals surface area contributed by atoms with E-state index >= 15 is 0 Å². The van der Waals surface area contributed by atoms with Gasteiger partial charge in [-0.15, -0.1) is 0 Å². The number of carboxylic acid groups (broad SMARTS) is 1. The van der Waals surface area contributed by atoms with Crippen LogP contribution in [-0.4, -0.2) is 22.9 Å². The summed E-state index contributed by atoms with van der Waals surface area (Å²) in [4.78, 5) is 24.1. The van der Waals surface area contributed by atoms with Crippen molar-refractivity contribution in [2.45, 2.75) is 57.4 Å².